The third-order valence-corrected chi connectivity index (χ3v) is 14.6. The largest absolute Gasteiger partial charge is 0.461 e. The number of halogens is 1. The highest BCUT2D eigenvalue weighted by Crippen LogP contribution is 2.33. The standard InChI is InChI=1S/C18H21NO6S2.C18H21NO4S2.HI.H2/c20-16-10-12(25-17-7-3-4-8-23-17)9-13(24-16)11-27(21,22)18-19-14-5-1-2-6-15(14)26-18;20-16-10-12(23-17-7-3-4-8-21-17)9-13(22-16)11-24-18-19-14-5-1-2-6-15(14)25-18;;/h1-2,5-6,12-13,17H,3-4,7-11H2;1-2,5-6,12-13,17H,3-4,7-11H2;2*1H/t2*12-,13+,17?;;/m11../s1. The molecule has 0 amide bonds. The zero-order valence-corrected chi connectivity index (χ0v) is 34.6. The third kappa shape index (κ3) is 11.5. The van der Waals surface area contributed by atoms with Crippen molar-refractivity contribution in [2.24, 2.45) is 0 Å². The Balaban J connectivity index is 0.000000201. The molecular weight excluding hydrogens is 876 g/mol. The molecule has 0 radical (unpaired) electrons. The van der Waals surface area contributed by atoms with Crippen LogP contribution in [0.25, 0.3) is 20.4 Å². The summed E-state index contributed by atoms with van der Waals surface area (Å²) in [6.07, 6.45) is 5.62. The van der Waals surface area contributed by atoms with Crippen molar-refractivity contribution in [2.45, 2.75) is 110 Å². The molecule has 4 aliphatic rings. The van der Waals surface area contributed by atoms with Crippen LogP contribution in [0, 0.1) is 0 Å². The number of carbonyl (C=O) groups excluding carboxylic acids is 2. The first-order chi connectivity index (χ1) is 25.3. The summed E-state index contributed by atoms with van der Waals surface area (Å²) in [5, 5.41) is 0. The van der Waals surface area contributed by atoms with E-state index in [2.05, 4.69) is 16.0 Å². The molecule has 2 aromatic heterocycles. The summed E-state index contributed by atoms with van der Waals surface area (Å²) in [6.45, 7) is 1.40. The van der Waals surface area contributed by atoms with Crippen molar-refractivity contribution < 1.29 is 47.9 Å². The number of thioether (sulfide) groups is 1. The van der Waals surface area contributed by atoms with Crippen LogP contribution in [-0.2, 0) is 47.8 Å². The highest BCUT2D eigenvalue weighted by Gasteiger charge is 2.36. The molecule has 53 heavy (non-hydrogen) atoms. The van der Waals surface area contributed by atoms with E-state index in [0.29, 0.717) is 30.7 Å². The van der Waals surface area contributed by atoms with Crippen molar-refractivity contribution in [3.05, 3.63) is 48.5 Å². The Kier molecular flexibility index (Phi) is 14.8. The van der Waals surface area contributed by atoms with E-state index in [-0.39, 0.29) is 78.8 Å². The van der Waals surface area contributed by atoms with Crippen LogP contribution in [0.3, 0.4) is 0 Å². The molecule has 17 heteroatoms. The van der Waals surface area contributed by atoms with Crippen molar-refractivity contribution in [3.8, 4) is 0 Å². The number of ether oxygens (including phenoxy) is 6. The number of nitrogens with zero attached hydrogens (tertiary/aromatic N) is 2. The van der Waals surface area contributed by atoms with E-state index in [1.54, 1.807) is 29.2 Å². The molecule has 0 saturated carbocycles. The van der Waals surface area contributed by atoms with Gasteiger partial charge in [0.05, 0.1) is 51.2 Å². The monoisotopic (exact) mass is 920 g/mol. The summed E-state index contributed by atoms with van der Waals surface area (Å²) in [5.74, 6) is -0.200. The van der Waals surface area contributed by atoms with Crippen LogP contribution in [0.5, 0.6) is 0 Å². The van der Waals surface area contributed by atoms with Gasteiger partial charge in [0.25, 0.3) is 0 Å². The number of carbonyl (C=O) groups is 2. The lowest BCUT2D eigenvalue weighted by Gasteiger charge is -2.32. The van der Waals surface area contributed by atoms with Crippen LogP contribution in [-0.4, -0.2) is 92.0 Å². The van der Waals surface area contributed by atoms with Gasteiger partial charge in [-0.1, -0.05) is 36.0 Å². The SMILES string of the molecule is I.O=C1C[C@H](OC2CCCCO2)C[C@@H](CS(=O)(=O)c2nc3ccccc3s2)O1.O=C1C[C@H](OC2CCCCO2)C[C@@H](CSc2nc3ccccc3s2)O1.[HH]. The Morgan fingerprint density at radius 3 is 1.87 bits per heavy atom. The van der Waals surface area contributed by atoms with Gasteiger partial charge in [-0.2, -0.15) is 0 Å². The number of para-hydroxylation sites is 2. The smallest absolute Gasteiger partial charge is 0.308 e. The molecule has 4 aromatic rings. The van der Waals surface area contributed by atoms with Crippen LogP contribution in [0.15, 0.2) is 57.2 Å². The normalized spacial score (nSPS) is 26.6. The Morgan fingerprint density at radius 2 is 1.30 bits per heavy atom. The highest BCUT2D eigenvalue weighted by atomic mass is 127. The van der Waals surface area contributed by atoms with E-state index < -0.39 is 21.9 Å². The fraction of sp³-hybridized carbons (Fsp3) is 0.556. The maximum atomic E-state index is 12.8. The molecule has 0 spiro atoms. The number of hydrogen-bond acceptors (Lipinski definition) is 15. The molecular formula is C36H45IN2O10S4. The lowest BCUT2D eigenvalue weighted by molar-refractivity contribution is -0.208. The van der Waals surface area contributed by atoms with Crippen LogP contribution in [0.4, 0.5) is 0 Å². The number of esters is 2. The average Bonchev–Trinajstić information content (AvgIpc) is 3.77. The van der Waals surface area contributed by atoms with Gasteiger partial charge in [-0.25, -0.2) is 18.4 Å². The molecule has 6 atom stereocenters. The Labute approximate surface area is 339 Å². The van der Waals surface area contributed by atoms with E-state index in [1.807, 2.05) is 36.4 Å². The van der Waals surface area contributed by atoms with Gasteiger partial charge in [0.15, 0.2) is 16.9 Å². The van der Waals surface area contributed by atoms with Gasteiger partial charge in [0.2, 0.25) is 14.2 Å². The molecule has 2 unspecified atom stereocenters. The second kappa shape index (κ2) is 19.3. The molecule has 4 aliphatic heterocycles. The molecule has 6 heterocycles. The third-order valence-electron chi connectivity index (χ3n) is 9.01. The maximum Gasteiger partial charge on any atom is 0.308 e. The maximum absolute atomic E-state index is 12.8. The number of sulfone groups is 1. The molecule has 8 rings (SSSR count). The first kappa shape index (κ1) is 40.7. The van der Waals surface area contributed by atoms with Gasteiger partial charge < -0.3 is 28.4 Å². The van der Waals surface area contributed by atoms with E-state index in [9.17, 15) is 18.0 Å². The first-order valence-corrected chi connectivity index (χ1v) is 22.0. The van der Waals surface area contributed by atoms with Crippen molar-refractivity contribution >= 4 is 101 Å². The lowest BCUT2D eigenvalue weighted by atomic mass is 10.1. The van der Waals surface area contributed by atoms with E-state index >= 15 is 0 Å². The molecule has 290 valence electrons. The van der Waals surface area contributed by atoms with Crippen molar-refractivity contribution in [1.82, 2.24) is 9.97 Å². The molecule has 0 aliphatic carbocycles. The number of hydrogen-bond donors (Lipinski definition) is 0. The summed E-state index contributed by atoms with van der Waals surface area (Å²) >= 11 is 4.45. The molecule has 2 aromatic carbocycles. The van der Waals surface area contributed by atoms with Gasteiger partial charge in [-0.3, -0.25) is 9.59 Å². The highest BCUT2D eigenvalue weighted by molar-refractivity contribution is 14.0. The van der Waals surface area contributed by atoms with E-state index in [0.717, 1.165) is 77.4 Å². The Hall–Kier alpha value is -1.97. The van der Waals surface area contributed by atoms with Gasteiger partial charge in [-0.05, 0) is 62.8 Å². The second-order valence-electron chi connectivity index (χ2n) is 13.2. The van der Waals surface area contributed by atoms with Crippen molar-refractivity contribution in [3.63, 3.8) is 0 Å². The minimum atomic E-state index is -3.66. The van der Waals surface area contributed by atoms with Gasteiger partial charge in [0.1, 0.15) is 12.2 Å². The average molecular weight is 921 g/mol. The number of cyclic esters (lactones) is 2. The molecule has 0 bridgehead atoms. The van der Waals surface area contributed by atoms with Crippen molar-refractivity contribution in [2.75, 3.05) is 24.7 Å². The Morgan fingerprint density at radius 1 is 0.755 bits per heavy atom. The second-order valence-corrected chi connectivity index (χ2v) is 18.7. The minimum Gasteiger partial charge on any atom is -0.461 e. The topological polar surface area (TPSA) is 149 Å². The van der Waals surface area contributed by atoms with Crippen LogP contribution >= 0.6 is 58.4 Å². The van der Waals surface area contributed by atoms with Gasteiger partial charge in [-0.15, -0.1) is 46.7 Å². The zero-order valence-electron chi connectivity index (χ0n) is 29.0. The summed E-state index contributed by atoms with van der Waals surface area (Å²) in [7, 11) is -3.66. The number of aromatic nitrogens is 2. The lowest BCUT2D eigenvalue weighted by Crippen LogP contribution is -2.40. The Bertz CT molecular complexity index is 1870. The zero-order chi connectivity index (χ0) is 35.9. The molecule has 4 fully saturated rings. The fourth-order valence-corrected chi connectivity index (χ4v) is 11.4. The number of benzene rings is 2. The molecule has 0 N–H and O–H groups in total. The van der Waals surface area contributed by atoms with Crippen molar-refractivity contribution in [1.29, 1.82) is 0 Å². The molecule has 4 saturated heterocycles. The summed E-state index contributed by atoms with van der Waals surface area (Å²) < 4.78 is 62.4. The first-order valence-electron chi connectivity index (χ1n) is 17.8. The fourth-order valence-electron chi connectivity index (χ4n) is 6.54. The predicted molar refractivity (Wildman–Crippen MR) is 215 cm³/mol. The number of fused-ring (bicyclic) bond motifs is 2. The van der Waals surface area contributed by atoms with E-state index in [1.165, 1.54) is 4.70 Å². The number of thiazole rings is 2. The van der Waals surface area contributed by atoms with E-state index in [4.69, 9.17) is 28.4 Å². The van der Waals surface area contributed by atoms with Crippen LogP contribution < -0.4 is 0 Å². The quantitative estimate of drug-likeness (QED) is 0.0876. The van der Waals surface area contributed by atoms with Gasteiger partial charge >= 0.3 is 11.9 Å². The van der Waals surface area contributed by atoms with Gasteiger partial charge in [0, 0.05) is 33.2 Å². The van der Waals surface area contributed by atoms with Crippen LogP contribution in [0.2, 0.25) is 0 Å². The summed E-state index contributed by atoms with van der Waals surface area (Å²) in [4.78, 5) is 32.7. The number of rotatable bonds is 10. The summed E-state index contributed by atoms with van der Waals surface area (Å²) in [6, 6.07) is 15.4. The minimum absolute atomic E-state index is 0. The summed E-state index contributed by atoms with van der Waals surface area (Å²) in [5.41, 5.74) is 1.67. The predicted octanol–water partition coefficient (Wildman–Crippen LogP) is 7.56. The molecule has 12 nitrogen and oxygen atoms in total. The van der Waals surface area contributed by atoms with Crippen LogP contribution in [0.1, 0.15) is 65.6 Å².